The number of nitrogens with two attached hydrogens (primary N) is 1. The minimum absolute atomic E-state index is 0.0703. The molecule has 1 aromatic heterocycles. The number of benzene rings is 1. The number of nitrogen functional groups attached to an aromatic ring is 1. The van der Waals surface area contributed by atoms with Crippen LogP contribution in [-0.2, 0) is 0 Å². The zero-order valence-corrected chi connectivity index (χ0v) is 9.08. The van der Waals surface area contributed by atoms with E-state index in [1.165, 1.54) is 11.3 Å². The second-order valence-corrected chi connectivity index (χ2v) is 4.57. The maximum absolute atomic E-state index is 11.1. The van der Waals surface area contributed by atoms with Gasteiger partial charge in [-0.3, -0.25) is 4.79 Å². The molecule has 2 aromatic rings. The van der Waals surface area contributed by atoms with Crippen LogP contribution in [-0.4, -0.2) is 5.78 Å². The number of rotatable bonds is 1. The normalized spacial score (nSPS) is 10.7. The quantitative estimate of drug-likeness (QED) is 0.598. The van der Waals surface area contributed by atoms with Gasteiger partial charge in [-0.1, -0.05) is 11.6 Å². The Morgan fingerprint density at radius 1 is 1.43 bits per heavy atom. The number of halogens is 1. The first-order valence-corrected chi connectivity index (χ1v) is 5.27. The average Bonchev–Trinajstić information content (AvgIpc) is 2.48. The van der Waals surface area contributed by atoms with Crippen LogP contribution in [0.25, 0.3) is 10.1 Å². The van der Waals surface area contributed by atoms with E-state index >= 15 is 0 Å². The molecule has 72 valence electrons. The van der Waals surface area contributed by atoms with Crippen molar-refractivity contribution in [3.8, 4) is 0 Å². The Labute approximate surface area is 90.3 Å². The van der Waals surface area contributed by atoms with Gasteiger partial charge in [0.2, 0.25) is 0 Å². The largest absolute Gasteiger partial charge is 0.398 e. The highest BCUT2D eigenvalue weighted by molar-refractivity contribution is 7.20. The second-order valence-electron chi connectivity index (χ2n) is 3.08. The van der Waals surface area contributed by atoms with Crippen LogP contribution in [0, 0.1) is 0 Å². The highest BCUT2D eigenvalue weighted by atomic mass is 35.5. The fourth-order valence-electron chi connectivity index (χ4n) is 1.25. The number of carbonyl (C=O) groups is 1. The Hall–Kier alpha value is -1.06. The lowest BCUT2D eigenvalue weighted by Crippen LogP contribution is -1.84. The van der Waals surface area contributed by atoms with Gasteiger partial charge in [0.25, 0.3) is 0 Å². The van der Waals surface area contributed by atoms with E-state index in [1.54, 1.807) is 19.1 Å². The number of fused-ring (bicyclic) bond motifs is 1. The summed E-state index contributed by atoms with van der Waals surface area (Å²) >= 11 is 7.31. The molecule has 0 amide bonds. The van der Waals surface area contributed by atoms with Crippen molar-refractivity contribution in [2.45, 2.75) is 6.92 Å². The Kier molecular flexibility index (Phi) is 2.21. The smallest absolute Gasteiger partial charge is 0.169 e. The summed E-state index contributed by atoms with van der Waals surface area (Å²) in [5.41, 5.74) is 6.21. The Morgan fingerprint density at radius 3 is 2.79 bits per heavy atom. The minimum Gasteiger partial charge on any atom is -0.398 e. The maximum atomic E-state index is 11.1. The van der Waals surface area contributed by atoms with Gasteiger partial charge in [-0.2, -0.15) is 0 Å². The number of hydrogen-bond acceptors (Lipinski definition) is 3. The molecule has 0 radical (unpaired) electrons. The number of Topliss-reactive ketones (excluding diaryl/α,β-unsaturated/α-hetero) is 1. The van der Waals surface area contributed by atoms with Gasteiger partial charge in [0.1, 0.15) is 0 Å². The van der Waals surface area contributed by atoms with Crippen LogP contribution in [0.5, 0.6) is 0 Å². The third kappa shape index (κ3) is 1.49. The number of thiophene rings is 1. The van der Waals surface area contributed by atoms with Crippen LogP contribution in [0.3, 0.4) is 0 Å². The summed E-state index contributed by atoms with van der Waals surface area (Å²) in [6.07, 6.45) is 0. The number of hydrogen-bond donors (Lipinski definition) is 1. The summed E-state index contributed by atoms with van der Waals surface area (Å²) in [5, 5.41) is 1.51. The molecule has 0 aliphatic carbocycles. The van der Waals surface area contributed by atoms with Crippen LogP contribution in [0.4, 0.5) is 5.69 Å². The minimum atomic E-state index is 0.0703. The number of anilines is 1. The maximum Gasteiger partial charge on any atom is 0.169 e. The summed E-state index contributed by atoms with van der Waals surface area (Å²) in [7, 11) is 0. The summed E-state index contributed by atoms with van der Waals surface area (Å²) in [6, 6.07) is 5.43. The van der Waals surface area contributed by atoms with Gasteiger partial charge in [-0.15, -0.1) is 11.3 Å². The molecule has 0 saturated carbocycles. The fraction of sp³-hybridized carbons (Fsp3) is 0.100. The van der Waals surface area contributed by atoms with Crippen LogP contribution in [0.15, 0.2) is 18.2 Å². The Balaban J connectivity index is 2.72. The first-order valence-electron chi connectivity index (χ1n) is 4.07. The number of carbonyl (C=O) groups excluding carboxylic acids is 1. The third-order valence-electron chi connectivity index (χ3n) is 1.98. The molecule has 0 aliphatic rings. The van der Waals surface area contributed by atoms with E-state index in [9.17, 15) is 4.79 Å². The van der Waals surface area contributed by atoms with Gasteiger partial charge in [0.05, 0.1) is 15.6 Å². The number of ketones is 1. The molecule has 0 unspecified atom stereocenters. The van der Waals surface area contributed by atoms with E-state index < -0.39 is 0 Å². The average molecular weight is 226 g/mol. The van der Waals surface area contributed by atoms with Gasteiger partial charge in [0.15, 0.2) is 5.78 Å². The molecule has 0 spiro atoms. The molecule has 0 saturated heterocycles. The van der Waals surface area contributed by atoms with Gasteiger partial charge in [-0.25, -0.2) is 0 Å². The monoisotopic (exact) mass is 225 g/mol. The van der Waals surface area contributed by atoms with Crippen molar-refractivity contribution in [1.82, 2.24) is 0 Å². The van der Waals surface area contributed by atoms with Crippen LogP contribution >= 0.6 is 22.9 Å². The van der Waals surface area contributed by atoms with E-state index in [-0.39, 0.29) is 5.78 Å². The van der Waals surface area contributed by atoms with E-state index in [0.29, 0.717) is 10.7 Å². The van der Waals surface area contributed by atoms with Crippen molar-refractivity contribution in [3.05, 3.63) is 28.1 Å². The van der Waals surface area contributed by atoms with Gasteiger partial charge < -0.3 is 5.73 Å². The second kappa shape index (κ2) is 3.26. The van der Waals surface area contributed by atoms with Crippen molar-refractivity contribution >= 4 is 44.5 Å². The van der Waals surface area contributed by atoms with Gasteiger partial charge in [-0.05, 0) is 30.5 Å². The molecule has 2 nitrogen and oxygen atoms in total. The Morgan fingerprint density at radius 2 is 2.14 bits per heavy atom. The van der Waals surface area contributed by atoms with Gasteiger partial charge in [0, 0.05) is 4.70 Å². The van der Waals surface area contributed by atoms with Gasteiger partial charge >= 0.3 is 0 Å². The summed E-state index contributed by atoms with van der Waals surface area (Å²) in [5.74, 6) is 0.0703. The highest BCUT2D eigenvalue weighted by Gasteiger charge is 2.07. The van der Waals surface area contributed by atoms with Crippen molar-refractivity contribution in [1.29, 1.82) is 0 Å². The first-order chi connectivity index (χ1) is 6.58. The third-order valence-corrected chi connectivity index (χ3v) is 3.51. The molecular weight excluding hydrogens is 218 g/mol. The molecule has 2 rings (SSSR count). The first kappa shape index (κ1) is 9.49. The SMILES string of the molecule is CC(=O)c1cc2cc(N)c(Cl)cc2s1. The van der Waals surface area contributed by atoms with Crippen LogP contribution in [0.1, 0.15) is 16.6 Å². The molecule has 0 aliphatic heterocycles. The topological polar surface area (TPSA) is 43.1 Å². The summed E-state index contributed by atoms with van der Waals surface area (Å²) in [4.78, 5) is 11.9. The van der Waals surface area contributed by atoms with E-state index in [1.807, 2.05) is 6.07 Å². The Bertz CT molecular complexity index is 479. The van der Waals surface area contributed by atoms with Crippen molar-refractivity contribution in [2.75, 3.05) is 5.73 Å². The van der Waals surface area contributed by atoms with Crippen LogP contribution in [0.2, 0.25) is 5.02 Å². The van der Waals surface area contributed by atoms with E-state index in [4.69, 9.17) is 17.3 Å². The zero-order chi connectivity index (χ0) is 10.3. The van der Waals surface area contributed by atoms with Crippen molar-refractivity contribution in [3.63, 3.8) is 0 Å². The van der Waals surface area contributed by atoms with Crippen molar-refractivity contribution < 1.29 is 4.79 Å². The molecular formula is C10H8ClNOS. The molecule has 1 heterocycles. The molecule has 2 N–H and O–H groups in total. The lowest BCUT2D eigenvalue weighted by molar-refractivity contribution is 0.102. The zero-order valence-electron chi connectivity index (χ0n) is 7.50. The highest BCUT2D eigenvalue weighted by Crippen LogP contribution is 2.32. The van der Waals surface area contributed by atoms with E-state index in [2.05, 4.69) is 0 Å². The lowest BCUT2D eigenvalue weighted by atomic mass is 10.2. The molecule has 0 fully saturated rings. The summed E-state index contributed by atoms with van der Waals surface area (Å²) in [6.45, 7) is 1.55. The van der Waals surface area contributed by atoms with E-state index in [0.717, 1.165) is 15.0 Å². The van der Waals surface area contributed by atoms with Crippen LogP contribution < -0.4 is 5.73 Å². The molecule has 0 bridgehead atoms. The molecule has 0 atom stereocenters. The molecule has 14 heavy (non-hydrogen) atoms. The fourth-order valence-corrected chi connectivity index (χ4v) is 2.46. The van der Waals surface area contributed by atoms with Crippen molar-refractivity contribution in [2.24, 2.45) is 0 Å². The molecule has 4 heteroatoms. The lowest BCUT2D eigenvalue weighted by Gasteiger charge is -1.96. The predicted octanol–water partition coefficient (Wildman–Crippen LogP) is 3.34. The molecule has 1 aromatic carbocycles. The summed E-state index contributed by atoms with van der Waals surface area (Å²) < 4.78 is 0.995. The standard InChI is InChI=1S/C10H8ClNOS/c1-5(13)9-3-6-2-8(12)7(11)4-10(6)14-9/h2-4H,12H2,1H3. The predicted molar refractivity (Wildman–Crippen MR) is 61.3 cm³/mol.